The number of primary amides is 1. The highest BCUT2D eigenvalue weighted by Gasteiger charge is 2.18. The Kier molecular flexibility index (Phi) is 11.2. The van der Waals surface area contributed by atoms with Gasteiger partial charge >= 0.3 is 0 Å². The highest BCUT2D eigenvalue weighted by molar-refractivity contribution is 5.95. The van der Waals surface area contributed by atoms with Gasteiger partial charge in [0.05, 0.1) is 4.92 Å². The minimum atomic E-state index is -0.694. The molecule has 0 aliphatic heterocycles. The summed E-state index contributed by atoms with van der Waals surface area (Å²) in [4.78, 5) is 21.6. The van der Waals surface area contributed by atoms with Crippen molar-refractivity contribution in [2.75, 3.05) is 18.4 Å². The van der Waals surface area contributed by atoms with Gasteiger partial charge in [-0.25, -0.2) is 0 Å². The van der Waals surface area contributed by atoms with Gasteiger partial charge in [0.1, 0.15) is 5.69 Å². The molecule has 1 aromatic rings. The molecule has 0 spiro atoms. The highest BCUT2D eigenvalue weighted by atomic mass is 16.6. The summed E-state index contributed by atoms with van der Waals surface area (Å²) in [6.07, 6.45) is 3.51. The van der Waals surface area contributed by atoms with E-state index >= 15 is 0 Å². The lowest BCUT2D eigenvalue weighted by Crippen LogP contribution is -2.13. The Bertz CT molecular complexity index is 528. The third kappa shape index (κ3) is 6.36. The number of nitro groups is 1. The molecule has 0 heterocycles. The Labute approximate surface area is 131 Å². The van der Waals surface area contributed by atoms with E-state index in [0.717, 1.165) is 0 Å². The van der Waals surface area contributed by atoms with Crippen molar-refractivity contribution in [1.82, 2.24) is 0 Å². The summed E-state index contributed by atoms with van der Waals surface area (Å²) >= 11 is 0. The van der Waals surface area contributed by atoms with Crippen molar-refractivity contribution >= 4 is 17.3 Å². The second-order valence-electron chi connectivity index (χ2n) is 3.90. The molecule has 124 valence electrons. The third-order valence-electron chi connectivity index (χ3n) is 2.50. The van der Waals surface area contributed by atoms with E-state index in [1.165, 1.54) is 12.1 Å². The monoisotopic (exact) mass is 310 g/mol. The number of nitrogens with two attached hydrogens (primary N) is 2. The maximum Gasteiger partial charge on any atom is 0.293 e. The topological polar surface area (TPSA) is 124 Å². The Morgan fingerprint density at radius 2 is 1.95 bits per heavy atom. The average Bonchev–Trinajstić information content (AvgIpc) is 2.46. The number of hydrogen-bond acceptors (Lipinski definition) is 5. The van der Waals surface area contributed by atoms with Crippen molar-refractivity contribution in [1.29, 1.82) is 0 Å². The zero-order chi connectivity index (χ0) is 16.4. The van der Waals surface area contributed by atoms with Crippen LogP contribution in [0.2, 0.25) is 0 Å². The number of carbonyl (C=O) groups is 1. The number of rotatable bonds is 6. The summed E-state index contributed by atoms with van der Waals surface area (Å²) in [5.74, 6) is -0.694. The number of nitro benzene ring substituents is 1. The van der Waals surface area contributed by atoms with Crippen LogP contribution in [0.4, 0.5) is 11.4 Å². The molecule has 1 rings (SSSR count). The standard InChI is InChI=1S/C12H16N4O3.C2H6.CH4/c1-8-6-9(12(14)17)7-10(16(18)19)11(8)15-5-3-2-4-13;1-2;/h2-3,6-7,15H,4-5,13H2,1H3,(H2,14,17);1-2H3;1H4/b3-2+;;. The van der Waals surface area contributed by atoms with Gasteiger partial charge in [0.2, 0.25) is 5.91 Å². The van der Waals surface area contributed by atoms with E-state index in [-0.39, 0.29) is 18.7 Å². The fourth-order valence-electron chi connectivity index (χ4n) is 1.63. The van der Waals surface area contributed by atoms with Gasteiger partial charge in [0, 0.05) is 24.7 Å². The smallest absolute Gasteiger partial charge is 0.293 e. The fourth-order valence-corrected chi connectivity index (χ4v) is 1.63. The normalized spacial score (nSPS) is 9.45. The van der Waals surface area contributed by atoms with Crippen LogP contribution in [0.25, 0.3) is 0 Å². The highest BCUT2D eigenvalue weighted by Crippen LogP contribution is 2.29. The van der Waals surface area contributed by atoms with Crippen LogP contribution < -0.4 is 16.8 Å². The summed E-state index contributed by atoms with van der Waals surface area (Å²) in [6.45, 7) is 6.49. The summed E-state index contributed by atoms with van der Waals surface area (Å²) in [5.41, 5.74) is 11.3. The molecule has 0 bridgehead atoms. The van der Waals surface area contributed by atoms with Crippen LogP contribution in [0, 0.1) is 17.0 Å². The molecule has 0 saturated carbocycles. The van der Waals surface area contributed by atoms with Gasteiger partial charge in [0.15, 0.2) is 0 Å². The molecule has 5 N–H and O–H groups in total. The largest absolute Gasteiger partial charge is 0.376 e. The lowest BCUT2D eigenvalue weighted by Gasteiger charge is -2.09. The Morgan fingerprint density at radius 3 is 2.41 bits per heavy atom. The quantitative estimate of drug-likeness (QED) is 0.423. The molecule has 1 aromatic carbocycles. The predicted octanol–water partition coefficient (Wildman–Crippen LogP) is 2.59. The molecular weight excluding hydrogens is 284 g/mol. The Hall–Kier alpha value is -2.41. The van der Waals surface area contributed by atoms with Crippen LogP contribution >= 0.6 is 0 Å². The molecule has 1 amide bonds. The number of nitrogens with zero attached hydrogens (tertiary/aromatic N) is 1. The average molecular weight is 310 g/mol. The Morgan fingerprint density at radius 1 is 1.36 bits per heavy atom. The molecule has 0 radical (unpaired) electrons. The van der Waals surface area contributed by atoms with E-state index < -0.39 is 10.8 Å². The van der Waals surface area contributed by atoms with Crippen molar-refractivity contribution < 1.29 is 9.72 Å². The molecule has 7 heteroatoms. The summed E-state index contributed by atoms with van der Waals surface area (Å²) in [7, 11) is 0. The summed E-state index contributed by atoms with van der Waals surface area (Å²) in [6, 6.07) is 2.69. The van der Waals surface area contributed by atoms with Crippen molar-refractivity contribution in [3.63, 3.8) is 0 Å². The Balaban J connectivity index is 0. The molecule has 0 aromatic heterocycles. The fraction of sp³-hybridized carbons (Fsp3) is 0.400. The van der Waals surface area contributed by atoms with E-state index in [2.05, 4.69) is 5.32 Å². The molecule has 0 aliphatic carbocycles. The van der Waals surface area contributed by atoms with Crippen molar-refractivity contribution in [3.05, 3.63) is 45.5 Å². The van der Waals surface area contributed by atoms with Gasteiger partial charge in [0.25, 0.3) is 5.69 Å². The van der Waals surface area contributed by atoms with E-state index in [1.54, 1.807) is 19.1 Å². The van der Waals surface area contributed by atoms with Gasteiger partial charge in [-0.1, -0.05) is 33.4 Å². The molecular formula is C15H26N4O3. The summed E-state index contributed by atoms with van der Waals surface area (Å²) in [5, 5.41) is 13.9. The first-order valence-corrected chi connectivity index (χ1v) is 6.65. The van der Waals surface area contributed by atoms with Gasteiger partial charge in [-0.3, -0.25) is 14.9 Å². The molecule has 7 nitrogen and oxygen atoms in total. The number of hydrogen-bond donors (Lipinski definition) is 3. The summed E-state index contributed by atoms with van der Waals surface area (Å²) < 4.78 is 0. The molecule has 0 aliphatic rings. The SMILES string of the molecule is C.CC.Cc1cc(C(N)=O)cc([N+](=O)[O-])c1NC/C=C/CN. The van der Waals surface area contributed by atoms with E-state index in [0.29, 0.717) is 24.3 Å². The van der Waals surface area contributed by atoms with Crippen molar-refractivity contribution in [3.8, 4) is 0 Å². The second-order valence-corrected chi connectivity index (χ2v) is 3.90. The first kappa shape index (κ1) is 21.9. The van der Waals surface area contributed by atoms with Crippen LogP contribution in [-0.2, 0) is 0 Å². The van der Waals surface area contributed by atoms with Crippen LogP contribution in [-0.4, -0.2) is 23.9 Å². The van der Waals surface area contributed by atoms with Crippen LogP contribution in [0.15, 0.2) is 24.3 Å². The van der Waals surface area contributed by atoms with E-state index in [1.807, 2.05) is 13.8 Å². The van der Waals surface area contributed by atoms with Gasteiger partial charge < -0.3 is 16.8 Å². The number of aryl methyl sites for hydroxylation is 1. The molecule has 0 unspecified atom stereocenters. The maximum atomic E-state index is 11.1. The van der Waals surface area contributed by atoms with Gasteiger partial charge in [-0.05, 0) is 18.6 Å². The first-order valence-electron chi connectivity index (χ1n) is 6.65. The third-order valence-corrected chi connectivity index (χ3v) is 2.50. The zero-order valence-corrected chi connectivity index (χ0v) is 12.6. The van der Waals surface area contributed by atoms with Gasteiger partial charge in [-0.2, -0.15) is 0 Å². The number of amides is 1. The lowest BCUT2D eigenvalue weighted by molar-refractivity contribution is -0.384. The molecule has 0 atom stereocenters. The second kappa shape index (κ2) is 11.3. The lowest BCUT2D eigenvalue weighted by atomic mass is 10.1. The number of anilines is 1. The zero-order valence-electron chi connectivity index (χ0n) is 12.6. The van der Waals surface area contributed by atoms with Crippen LogP contribution in [0.1, 0.15) is 37.2 Å². The minimum absolute atomic E-state index is 0. The number of carbonyl (C=O) groups excluding carboxylic acids is 1. The van der Waals surface area contributed by atoms with Crippen LogP contribution in [0.5, 0.6) is 0 Å². The van der Waals surface area contributed by atoms with Gasteiger partial charge in [-0.15, -0.1) is 0 Å². The predicted molar refractivity (Wildman–Crippen MR) is 91.1 cm³/mol. The van der Waals surface area contributed by atoms with E-state index in [9.17, 15) is 14.9 Å². The first-order chi connectivity index (χ1) is 9.97. The molecule has 0 fully saturated rings. The van der Waals surface area contributed by atoms with Crippen molar-refractivity contribution in [2.45, 2.75) is 28.2 Å². The minimum Gasteiger partial charge on any atom is -0.376 e. The molecule has 0 saturated heterocycles. The molecule has 22 heavy (non-hydrogen) atoms. The number of benzene rings is 1. The van der Waals surface area contributed by atoms with Crippen molar-refractivity contribution in [2.24, 2.45) is 11.5 Å². The van der Waals surface area contributed by atoms with E-state index in [4.69, 9.17) is 11.5 Å². The van der Waals surface area contributed by atoms with Crippen LogP contribution in [0.3, 0.4) is 0 Å². The number of nitrogens with one attached hydrogen (secondary N) is 1. The maximum absolute atomic E-state index is 11.1.